The molecule has 2 aliphatic heterocycles. The number of benzene rings is 1. The number of aryl methyl sites for hydroxylation is 1. The van der Waals surface area contributed by atoms with Crippen molar-refractivity contribution < 1.29 is 9.53 Å². The van der Waals surface area contributed by atoms with Crippen molar-refractivity contribution in [1.82, 2.24) is 15.1 Å². The van der Waals surface area contributed by atoms with Gasteiger partial charge in [0.25, 0.3) is 0 Å². The molecule has 7 nitrogen and oxygen atoms in total. The molecule has 2 aliphatic rings. The fraction of sp³-hybridized carbons (Fsp3) is 0.500. The molecule has 0 radical (unpaired) electrons. The number of piperidine rings is 1. The molecule has 1 atom stereocenters. The van der Waals surface area contributed by atoms with Crippen molar-refractivity contribution in [2.24, 2.45) is 5.92 Å². The molecule has 0 bridgehead atoms. The Bertz CT molecular complexity index is 833. The van der Waals surface area contributed by atoms with Crippen LogP contribution in [0.25, 0.3) is 0 Å². The lowest BCUT2D eigenvalue weighted by atomic mass is 9.96. The number of piperazine rings is 1. The molecule has 3 heterocycles. The minimum atomic E-state index is 0.0321. The number of hydrogen-bond donors (Lipinski definition) is 0. The highest BCUT2D eigenvalue weighted by molar-refractivity contribution is 5.80. The number of carbonyl (C=O) groups is 1. The lowest BCUT2D eigenvalue weighted by Gasteiger charge is -2.40. The van der Waals surface area contributed by atoms with Crippen molar-refractivity contribution in [3.8, 4) is 5.75 Å². The summed E-state index contributed by atoms with van der Waals surface area (Å²) in [5, 5.41) is 8.46. The number of anilines is 2. The van der Waals surface area contributed by atoms with Gasteiger partial charge in [-0.1, -0.05) is 12.1 Å². The Kier molecular flexibility index (Phi) is 5.83. The molecule has 1 aromatic carbocycles. The number of aromatic nitrogens is 2. The first-order chi connectivity index (χ1) is 14.2. The molecule has 4 rings (SSSR count). The average molecular weight is 396 g/mol. The van der Waals surface area contributed by atoms with E-state index in [-0.39, 0.29) is 11.8 Å². The summed E-state index contributed by atoms with van der Waals surface area (Å²) in [4.78, 5) is 19.7. The van der Waals surface area contributed by atoms with Gasteiger partial charge >= 0.3 is 0 Å². The first-order valence-electron chi connectivity index (χ1n) is 10.4. The fourth-order valence-electron chi connectivity index (χ4n) is 4.26. The van der Waals surface area contributed by atoms with Crippen LogP contribution in [0.1, 0.15) is 18.5 Å². The third-order valence-electron chi connectivity index (χ3n) is 5.90. The minimum absolute atomic E-state index is 0.0321. The summed E-state index contributed by atoms with van der Waals surface area (Å²) in [6.07, 6.45) is 1.95. The molecule has 154 valence electrons. The smallest absolute Gasteiger partial charge is 0.227 e. The molecule has 0 saturated carbocycles. The van der Waals surface area contributed by atoms with Gasteiger partial charge in [0, 0.05) is 39.3 Å². The van der Waals surface area contributed by atoms with Crippen LogP contribution in [0.4, 0.5) is 11.5 Å². The Morgan fingerprint density at radius 3 is 2.52 bits per heavy atom. The number of methoxy groups -OCH3 is 1. The van der Waals surface area contributed by atoms with E-state index in [0.29, 0.717) is 0 Å². The summed E-state index contributed by atoms with van der Waals surface area (Å²) >= 11 is 0. The third-order valence-corrected chi connectivity index (χ3v) is 5.90. The highest BCUT2D eigenvalue weighted by Crippen LogP contribution is 2.29. The van der Waals surface area contributed by atoms with Crippen LogP contribution >= 0.6 is 0 Å². The molecule has 2 aromatic rings. The zero-order chi connectivity index (χ0) is 20.2. The van der Waals surface area contributed by atoms with Crippen LogP contribution in [0.5, 0.6) is 5.75 Å². The SMILES string of the molecule is COc1ccccc1N1CCN(C(=O)C2CCCN(c3ccc(C)nn3)C2)CC1. The lowest BCUT2D eigenvalue weighted by molar-refractivity contribution is -0.136. The Morgan fingerprint density at radius 2 is 1.79 bits per heavy atom. The maximum absolute atomic E-state index is 13.2. The molecule has 0 aliphatic carbocycles. The highest BCUT2D eigenvalue weighted by atomic mass is 16.5. The fourth-order valence-corrected chi connectivity index (χ4v) is 4.26. The van der Waals surface area contributed by atoms with E-state index in [4.69, 9.17) is 4.74 Å². The van der Waals surface area contributed by atoms with E-state index < -0.39 is 0 Å². The van der Waals surface area contributed by atoms with Crippen molar-refractivity contribution in [2.75, 3.05) is 56.2 Å². The van der Waals surface area contributed by atoms with E-state index in [0.717, 1.165) is 75.1 Å². The van der Waals surface area contributed by atoms with Crippen LogP contribution < -0.4 is 14.5 Å². The van der Waals surface area contributed by atoms with Crippen LogP contribution in [0, 0.1) is 12.8 Å². The molecule has 0 spiro atoms. The second-order valence-electron chi connectivity index (χ2n) is 7.80. The number of amides is 1. The van der Waals surface area contributed by atoms with Crippen molar-refractivity contribution in [3.63, 3.8) is 0 Å². The highest BCUT2D eigenvalue weighted by Gasteiger charge is 2.32. The first kappa shape index (κ1) is 19.5. The largest absolute Gasteiger partial charge is 0.495 e. The Balaban J connectivity index is 1.36. The van der Waals surface area contributed by atoms with Crippen molar-refractivity contribution in [3.05, 3.63) is 42.1 Å². The lowest BCUT2D eigenvalue weighted by Crippen LogP contribution is -2.52. The second kappa shape index (κ2) is 8.68. The molecular formula is C22H29N5O2. The summed E-state index contributed by atoms with van der Waals surface area (Å²) in [6.45, 7) is 6.74. The number of carbonyl (C=O) groups excluding carboxylic acids is 1. The maximum atomic E-state index is 13.2. The van der Waals surface area contributed by atoms with Crippen molar-refractivity contribution >= 4 is 17.4 Å². The molecule has 1 unspecified atom stereocenters. The van der Waals surface area contributed by atoms with Gasteiger partial charge in [-0.15, -0.1) is 5.10 Å². The second-order valence-corrected chi connectivity index (χ2v) is 7.80. The molecule has 1 amide bonds. The Hall–Kier alpha value is -2.83. The van der Waals surface area contributed by atoms with E-state index in [2.05, 4.69) is 26.1 Å². The van der Waals surface area contributed by atoms with Gasteiger partial charge in [0.2, 0.25) is 5.91 Å². The van der Waals surface area contributed by atoms with Gasteiger partial charge in [0.15, 0.2) is 5.82 Å². The van der Waals surface area contributed by atoms with Crippen LogP contribution in [-0.4, -0.2) is 67.4 Å². The number of hydrogen-bond acceptors (Lipinski definition) is 6. The molecule has 2 fully saturated rings. The first-order valence-corrected chi connectivity index (χ1v) is 10.4. The third kappa shape index (κ3) is 4.28. The van der Waals surface area contributed by atoms with Crippen molar-refractivity contribution in [2.45, 2.75) is 19.8 Å². The Morgan fingerprint density at radius 1 is 1.00 bits per heavy atom. The molecular weight excluding hydrogens is 366 g/mol. The predicted molar refractivity (Wildman–Crippen MR) is 113 cm³/mol. The van der Waals surface area contributed by atoms with Gasteiger partial charge in [-0.2, -0.15) is 5.10 Å². The number of rotatable bonds is 4. The summed E-state index contributed by atoms with van der Waals surface area (Å²) < 4.78 is 5.49. The minimum Gasteiger partial charge on any atom is -0.495 e. The summed E-state index contributed by atoms with van der Waals surface area (Å²) in [5.74, 6) is 2.06. The van der Waals surface area contributed by atoms with E-state index in [9.17, 15) is 4.79 Å². The zero-order valence-electron chi connectivity index (χ0n) is 17.3. The summed E-state index contributed by atoms with van der Waals surface area (Å²) in [7, 11) is 1.70. The van der Waals surface area contributed by atoms with Crippen molar-refractivity contribution in [1.29, 1.82) is 0 Å². The van der Waals surface area contributed by atoms with Crippen LogP contribution in [-0.2, 0) is 4.79 Å². The maximum Gasteiger partial charge on any atom is 0.227 e. The van der Waals surface area contributed by atoms with Gasteiger partial charge in [0.05, 0.1) is 24.4 Å². The summed E-state index contributed by atoms with van der Waals surface area (Å²) in [6, 6.07) is 12.1. The van der Waals surface area contributed by atoms with Crippen LogP contribution in [0.3, 0.4) is 0 Å². The van der Waals surface area contributed by atoms with Crippen LogP contribution in [0.2, 0.25) is 0 Å². The van der Waals surface area contributed by atoms with Gasteiger partial charge in [-0.25, -0.2) is 0 Å². The van der Waals surface area contributed by atoms with E-state index in [1.165, 1.54) is 0 Å². The molecule has 1 aromatic heterocycles. The predicted octanol–water partition coefficient (Wildman–Crippen LogP) is 2.36. The molecule has 7 heteroatoms. The Labute approximate surface area is 172 Å². The van der Waals surface area contributed by atoms with E-state index >= 15 is 0 Å². The molecule has 0 N–H and O–H groups in total. The standard InChI is InChI=1S/C22H29N5O2/c1-17-9-10-21(24-23-17)27-11-5-6-18(16-27)22(28)26-14-12-25(13-15-26)19-7-3-4-8-20(19)29-2/h3-4,7-10,18H,5-6,11-16H2,1-2H3. The summed E-state index contributed by atoms with van der Waals surface area (Å²) in [5.41, 5.74) is 2.01. The van der Waals surface area contributed by atoms with Gasteiger partial charge in [0.1, 0.15) is 5.75 Å². The van der Waals surface area contributed by atoms with Gasteiger partial charge in [-0.3, -0.25) is 4.79 Å². The average Bonchev–Trinajstić information content (AvgIpc) is 2.79. The van der Waals surface area contributed by atoms with E-state index in [1.807, 2.05) is 42.2 Å². The number of para-hydroxylation sites is 2. The normalized spacial score (nSPS) is 19.9. The monoisotopic (exact) mass is 395 g/mol. The van der Waals surface area contributed by atoms with Crippen LogP contribution in [0.15, 0.2) is 36.4 Å². The van der Waals surface area contributed by atoms with Gasteiger partial charge < -0.3 is 19.4 Å². The topological polar surface area (TPSA) is 61.8 Å². The molecule has 29 heavy (non-hydrogen) atoms. The number of nitrogens with zero attached hydrogens (tertiary/aromatic N) is 5. The molecule has 2 saturated heterocycles. The quantitative estimate of drug-likeness (QED) is 0.792. The van der Waals surface area contributed by atoms with E-state index in [1.54, 1.807) is 7.11 Å². The number of ether oxygens (including phenoxy) is 1. The zero-order valence-corrected chi connectivity index (χ0v) is 17.3. The van der Waals surface area contributed by atoms with Gasteiger partial charge in [-0.05, 0) is 44.0 Å².